The van der Waals surface area contributed by atoms with Gasteiger partial charge in [0.1, 0.15) is 0 Å². The summed E-state index contributed by atoms with van der Waals surface area (Å²) >= 11 is 3.76. The van der Waals surface area contributed by atoms with Crippen LogP contribution in [0, 0.1) is 0 Å². The molecule has 0 saturated heterocycles. The Labute approximate surface area is 184 Å². The van der Waals surface area contributed by atoms with Gasteiger partial charge in [-0.1, -0.05) is 94.8 Å². The van der Waals surface area contributed by atoms with Crippen LogP contribution in [0.5, 0.6) is 0 Å². The predicted octanol–water partition coefficient (Wildman–Crippen LogP) is 7.95. The van der Waals surface area contributed by atoms with Gasteiger partial charge in [0, 0.05) is 4.47 Å². The highest BCUT2D eigenvalue weighted by Crippen LogP contribution is 2.63. The Bertz CT molecular complexity index is 1510. The molecule has 140 valence electrons. The summed E-state index contributed by atoms with van der Waals surface area (Å²) in [6.07, 6.45) is 0. The minimum Gasteiger partial charge on any atom is -0.0619 e. The van der Waals surface area contributed by atoms with Crippen LogP contribution < -0.4 is 0 Å². The third-order valence-corrected chi connectivity index (χ3v) is 7.41. The van der Waals surface area contributed by atoms with Gasteiger partial charge in [-0.15, -0.1) is 0 Å². The average molecular weight is 445 g/mol. The molecule has 0 amide bonds. The van der Waals surface area contributed by atoms with E-state index in [2.05, 4.69) is 119 Å². The van der Waals surface area contributed by atoms with Crippen molar-refractivity contribution < 1.29 is 0 Å². The summed E-state index contributed by atoms with van der Waals surface area (Å²) in [5, 5.41) is 2.59. The molecular weight excluding hydrogens is 428 g/mol. The van der Waals surface area contributed by atoms with Gasteiger partial charge in [0.2, 0.25) is 0 Å². The summed E-state index contributed by atoms with van der Waals surface area (Å²) in [6, 6.07) is 38.2. The largest absolute Gasteiger partial charge is 0.0726 e. The van der Waals surface area contributed by atoms with Gasteiger partial charge in [-0.25, -0.2) is 0 Å². The molecule has 0 aliphatic heterocycles. The molecule has 0 radical (unpaired) electrons. The van der Waals surface area contributed by atoms with Crippen LogP contribution in [0.1, 0.15) is 22.3 Å². The molecule has 0 heterocycles. The molecule has 0 bridgehead atoms. The van der Waals surface area contributed by atoms with E-state index in [4.69, 9.17) is 0 Å². The molecule has 2 aliphatic rings. The van der Waals surface area contributed by atoms with Crippen molar-refractivity contribution >= 4 is 26.7 Å². The zero-order chi connectivity index (χ0) is 19.9. The fourth-order valence-corrected chi connectivity index (χ4v) is 6.16. The van der Waals surface area contributed by atoms with Crippen molar-refractivity contribution in [2.24, 2.45) is 0 Å². The summed E-state index contributed by atoms with van der Waals surface area (Å²) in [4.78, 5) is 0. The van der Waals surface area contributed by atoms with Gasteiger partial charge < -0.3 is 0 Å². The van der Waals surface area contributed by atoms with Crippen LogP contribution in [0.15, 0.2) is 108 Å². The topological polar surface area (TPSA) is 0 Å². The molecule has 1 atom stereocenters. The fourth-order valence-electron chi connectivity index (χ4n) is 5.80. The van der Waals surface area contributed by atoms with E-state index in [-0.39, 0.29) is 5.41 Å². The highest BCUT2D eigenvalue weighted by molar-refractivity contribution is 9.10. The monoisotopic (exact) mass is 444 g/mol. The van der Waals surface area contributed by atoms with Gasteiger partial charge in [0.25, 0.3) is 0 Å². The van der Waals surface area contributed by atoms with E-state index in [0.29, 0.717) is 0 Å². The molecule has 1 unspecified atom stereocenters. The van der Waals surface area contributed by atoms with E-state index >= 15 is 0 Å². The Morgan fingerprint density at radius 1 is 0.433 bits per heavy atom. The normalized spacial score (nSPS) is 17.6. The minimum atomic E-state index is -0.272. The number of hydrogen-bond acceptors (Lipinski definition) is 0. The third kappa shape index (κ3) is 1.87. The van der Waals surface area contributed by atoms with Crippen molar-refractivity contribution in [3.63, 3.8) is 0 Å². The van der Waals surface area contributed by atoms with E-state index in [1.165, 1.54) is 55.3 Å². The summed E-state index contributed by atoms with van der Waals surface area (Å²) < 4.78 is 1.13. The van der Waals surface area contributed by atoms with Gasteiger partial charge in [-0.2, -0.15) is 0 Å². The molecular formula is C29H17Br. The van der Waals surface area contributed by atoms with Crippen LogP contribution in [0.25, 0.3) is 33.0 Å². The van der Waals surface area contributed by atoms with Gasteiger partial charge >= 0.3 is 0 Å². The van der Waals surface area contributed by atoms with E-state index in [0.717, 1.165) is 4.47 Å². The fraction of sp³-hybridized carbons (Fsp3) is 0.0345. The van der Waals surface area contributed by atoms with E-state index in [9.17, 15) is 0 Å². The van der Waals surface area contributed by atoms with Gasteiger partial charge in [-0.05, 0) is 79.5 Å². The van der Waals surface area contributed by atoms with Crippen molar-refractivity contribution in [3.05, 3.63) is 130 Å². The maximum atomic E-state index is 3.76. The van der Waals surface area contributed by atoms with Crippen molar-refractivity contribution in [3.8, 4) is 22.3 Å². The maximum Gasteiger partial charge on any atom is 0.0726 e. The number of benzene rings is 5. The third-order valence-electron chi connectivity index (χ3n) is 6.92. The van der Waals surface area contributed by atoms with Crippen LogP contribution in [0.2, 0.25) is 0 Å². The zero-order valence-electron chi connectivity index (χ0n) is 16.2. The molecule has 30 heavy (non-hydrogen) atoms. The highest BCUT2D eigenvalue weighted by atomic mass is 79.9. The smallest absolute Gasteiger partial charge is 0.0619 e. The predicted molar refractivity (Wildman–Crippen MR) is 128 cm³/mol. The Hall–Kier alpha value is -3.16. The van der Waals surface area contributed by atoms with Crippen molar-refractivity contribution in [2.45, 2.75) is 5.41 Å². The van der Waals surface area contributed by atoms with Crippen LogP contribution in [0.4, 0.5) is 0 Å². The first kappa shape index (κ1) is 16.6. The second-order valence-electron chi connectivity index (χ2n) is 8.28. The molecule has 0 fully saturated rings. The molecule has 0 aromatic heterocycles. The van der Waals surface area contributed by atoms with Crippen molar-refractivity contribution in [2.75, 3.05) is 0 Å². The lowest BCUT2D eigenvalue weighted by molar-refractivity contribution is 0.794. The molecule has 0 saturated carbocycles. The first-order valence-corrected chi connectivity index (χ1v) is 11.1. The lowest BCUT2D eigenvalue weighted by atomic mass is 9.70. The van der Waals surface area contributed by atoms with E-state index < -0.39 is 0 Å². The minimum absolute atomic E-state index is 0.272. The molecule has 0 nitrogen and oxygen atoms in total. The average Bonchev–Trinajstić information content (AvgIpc) is 3.24. The van der Waals surface area contributed by atoms with Crippen LogP contribution >= 0.6 is 15.9 Å². The summed E-state index contributed by atoms with van der Waals surface area (Å²) in [7, 11) is 0. The molecule has 7 rings (SSSR count). The van der Waals surface area contributed by atoms with Gasteiger partial charge in [-0.3, -0.25) is 0 Å². The van der Waals surface area contributed by atoms with E-state index in [1.807, 2.05) is 0 Å². The quantitative estimate of drug-likeness (QED) is 0.222. The highest BCUT2D eigenvalue weighted by Gasteiger charge is 2.51. The Morgan fingerprint density at radius 2 is 0.967 bits per heavy atom. The summed E-state index contributed by atoms with van der Waals surface area (Å²) in [6.45, 7) is 0. The molecule has 0 N–H and O–H groups in total. The zero-order valence-corrected chi connectivity index (χ0v) is 17.8. The second kappa shape index (κ2) is 5.71. The number of fused-ring (bicyclic) bond motifs is 11. The molecule has 1 heteroatoms. The first-order chi connectivity index (χ1) is 14.8. The second-order valence-corrected chi connectivity index (χ2v) is 9.19. The van der Waals surface area contributed by atoms with Crippen LogP contribution in [-0.2, 0) is 5.41 Å². The number of hydrogen-bond donors (Lipinski definition) is 0. The lowest BCUT2D eigenvalue weighted by Crippen LogP contribution is -2.25. The molecule has 5 aromatic carbocycles. The van der Waals surface area contributed by atoms with Crippen LogP contribution in [-0.4, -0.2) is 0 Å². The van der Waals surface area contributed by atoms with Crippen molar-refractivity contribution in [1.82, 2.24) is 0 Å². The molecule has 1 spiro atoms. The lowest BCUT2D eigenvalue weighted by Gasteiger charge is -2.30. The summed E-state index contributed by atoms with van der Waals surface area (Å²) in [5.41, 5.74) is 10.7. The van der Waals surface area contributed by atoms with Gasteiger partial charge in [0.15, 0.2) is 0 Å². The van der Waals surface area contributed by atoms with Crippen LogP contribution in [0.3, 0.4) is 0 Å². The van der Waals surface area contributed by atoms with E-state index in [1.54, 1.807) is 0 Å². The Morgan fingerprint density at radius 3 is 1.70 bits per heavy atom. The Balaban J connectivity index is 1.74. The SMILES string of the molecule is Brc1ccc2c(c1)C1(c3ccccc3-2)c2ccccc2-c2cc3ccccc3cc21. The molecule has 2 aliphatic carbocycles. The summed E-state index contributed by atoms with van der Waals surface area (Å²) in [5.74, 6) is 0. The Kier molecular flexibility index (Phi) is 3.16. The van der Waals surface area contributed by atoms with Gasteiger partial charge in [0.05, 0.1) is 5.41 Å². The number of rotatable bonds is 0. The number of halogens is 1. The first-order valence-electron chi connectivity index (χ1n) is 10.3. The maximum absolute atomic E-state index is 3.76. The standard InChI is InChI=1S/C29H17Br/c30-20-13-14-23-21-9-3-5-11-25(21)29(28(23)17-20)26-12-6-4-10-22(26)24-15-18-7-1-2-8-19(18)16-27(24)29/h1-17H. The van der Waals surface area contributed by atoms with Crippen molar-refractivity contribution in [1.29, 1.82) is 0 Å². The molecule has 5 aromatic rings.